The molecule has 0 aliphatic heterocycles. The van der Waals surface area contributed by atoms with Gasteiger partial charge in [-0.3, -0.25) is 17.5 Å². The summed E-state index contributed by atoms with van der Waals surface area (Å²) in [5, 5.41) is 0. The molecule has 10 nitrogen and oxygen atoms in total. The van der Waals surface area contributed by atoms with E-state index >= 15 is 0 Å². The van der Waals surface area contributed by atoms with Crippen LogP contribution in [0.5, 0.6) is 0 Å². The van der Waals surface area contributed by atoms with Crippen LogP contribution in [-0.4, -0.2) is 60.1 Å². The highest BCUT2D eigenvalue weighted by Crippen LogP contribution is 1.96. The van der Waals surface area contributed by atoms with Crippen molar-refractivity contribution in [2.45, 2.75) is 12.8 Å². The molecule has 0 spiro atoms. The van der Waals surface area contributed by atoms with Crippen LogP contribution in [0.15, 0.2) is 0 Å². The minimum atomic E-state index is -4.67. The van der Waals surface area contributed by atoms with Crippen molar-refractivity contribution in [2.75, 3.05) is 25.7 Å². The lowest BCUT2D eigenvalue weighted by atomic mass is 10.3. The Morgan fingerprint density at radius 1 is 0.737 bits per heavy atom. The second-order valence-electron chi connectivity index (χ2n) is 3.21. The van der Waals surface area contributed by atoms with Gasteiger partial charge in [0.1, 0.15) is 0 Å². The highest BCUT2D eigenvalue weighted by molar-refractivity contribution is 7.86. The Labute approximate surface area is 112 Å². The molecule has 118 valence electrons. The zero-order valence-electron chi connectivity index (χ0n) is 10.2. The molecule has 0 unspecified atom stereocenters. The Balaban J connectivity index is 0. The lowest BCUT2D eigenvalue weighted by Crippen LogP contribution is -2.07. The Hall–Kier alpha value is -0.310. The molecular formula is C6H16O10S3. The third-order valence-electron chi connectivity index (χ3n) is 1.13. The first kappa shape index (κ1) is 21.0. The molecule has 13 heteroatoms. The minimum absolute atomic E-state index is 0.0476. The van der Waals surface area contributed by atoms with Crippen molar-refractivity contribution >= 4 is 30.6 Å². The Morgan fingerprint density at radius 2 is 0.947 bits per heavy atom. The summed E-state index contributed by atoms with van der Waals surface area (Å²) in [7, 11) is -11.5. The van der Waals surface area contributed by atoms with Gasteiger partial charge < -0.3 is 0 Å². The van der Waals surface area contributed by atoms with Crippen LogP contribution in [0.25, 0.3) is 0 Å². The Bertz CT molecular complexity index is 484. The standard InChI is InChI=1S/C6H14O6S2.H2O4S/c1-13(7,8)11-5-3-4-6-12-14(2,9)10;1-5(2,3)4/h3-6H2,1-2H3;(H2,1,2,3,4). The fourth-order valence-electron chi connectivity index (χ4n) is 0.625. The molecule has 0 aliphatic carbocycles. The number of hydrogen-bond acceptors (Lipinski definition) is 8. The quantitative estimate of drug-likeness (QED) is 0.335. The predicted octanol–water partition coefficient (Wildman–Crippen LogP) is -0.934. The summed E-state index contributed by atoms with van der Waals surface area (Å²) >= 11 is 0. The summed E-state index contributed by atoms with van der Waals surface area (Å²) < 4.78 is 82.3. The molecular weight excluding hydrogens is 328 g/mol. The molecule has 0 rings (SSSR count). The molecule has 0 heterocycles. The number of hydrogen-bond donors (Lipinski definition) is 2. The van der Waals surface area contributed by atoms with E-state index in [0.717, 1.165) is 12.5 Å². The van der Waals surface area contributed by atoms with Crippen LogP contribution in [0.1, 0.15) is 12.8 Å². The van der Waals surface area contributed by atoms with Crippen LogP contribution in [-0.2, 0) is 39.0 Å². The third kappa shape index (κ3) is 38.1. The van der Waals surface area contributed by atoms with Crippen LogP contribution in [0.3, 0.4) is 0 Å². The van der Waals surface area contributed by atoms with Gasteiger partial charge in [-0.05, 0) is 12.8 Å². The molecule has 0 atom stereocenters. The highest BCUT2D eigenvalue weighted by atomic mass is 32.3. The van der Waals surface area contributed by atoms with Gasteiger partial charge in [-0.15, -0.1) is 0 Å². The lowest BCUT2D eigenvalue weighted by Gasteiger charge is -2.01. The van der Waals surface area contributed by atoms with Crippen LogP contribution in [0, 0.1) is 0 Å². The van der Waals surface area contributed by atoms with E-state index < -0.39 is 30.6 Å². The molecule has 0 amide bonds. The van der Waals surface area contributed by atoms with Gasteiger partial charge in [-0.25, -0.2) is 0 Å². The average molecular weight is 344 g/mol. The average Bonchev–Trinajstić information content (AvgIpc) is 2.04. The Kier molecular flexibility index (Phi) is 9.70. The smallest absolute Gasteiger partial charge is 0.270 e. The third-order valence-corrected chi connectivity index (χ3v) is 2.32. The van der Waals surface area contributed by atoms with Crippen molar-refractivity contribution in [3.8, 4) is 0 Å². The first-order valence-electron chi connectivity index (χ1n) is 4.59. The van der Waals surface area contributed by atoms with E-state index in [0.29, 0.717) is 12.8 Å². The number of unbranched alkanes of at least 4 members (excludes halogenated alkanes) is 1. The van der Waals surface area contributed by atoms with E-state index in [4.69, 9.17) is 17.5 Å². The van der Waals surface area contributed by atoms with Gasteiger partial charge in [0.2, 0.25) is 0 Å². The van der Waals surface area contributed by atoms with Crippen LogP contribution < -0.4 is 0 Å². The van der Waals surface area contributed by atoms with Gasteiger partial charge in [0.25, 0.3) is 20.2 Å². The van der Waals surface area contributed by atoms with Crippen molar-refractivity contribution < 1.29 is 42.7 Å². The topological polar surface area (TPSA) is 161 Å². The minimum Gasteiger partial charge on any atom is -0.270 e. The van der Waals surface area contributed by atoms with E-state index in [9.17, 15) is 16.8 Å². The summed E-state index contributed by atoms with van der Waals surface area (Å²) in [6.07, 6.45) is 2.78. The van der Waals surface area contributed by atoms with E-state index in [1.165, 1.54) is 0 Å². The molecule has 0 saturated heterocycles. The maximum absolute atomic E-state index is 10.5. The second-order valence-corrected chi connectivity index (χ2v) is 7.39. The van der Waals surface area contributed by atoms with Crippen molar-refractivity contribution in [3.05, 3.63) is 0 Å². The van der Waals surface area contributed by atoms with E-state index in [1.807, 2.05) is 0 Å². The summed E-state index contributed by atoms with van der Waals surface area (Å²) in [5.74, 6) is 0. The molecule has 0 bridgehead atoms. The monoisotopic (exact) mass is 344 g/mol. The first-order chi connectivity index (χ1) is 8.21. The first-order valence-corrected chi connectivity index (χ1v) is 9.62. The largest absolute Gasteiger partial charge is 0.394 e. The Morgan fingerprint density at radius 3 is 1.11 bits per heavy atom. The molecule has 2 N–H and O–H groups in total. The van der Waals surface area contributed by atoms with E-state index in [2.05, 4.69) is 8.37 Å². The van der Waals surface area contributed by atoms with Crippen LogP contribution in [0.4, 0.5) is 0 Å². The fourth-order valence-corrected chi connectivity index (χ4v) is 1.47. The molecule has 0 aromatic heterocycles. The van der Waals surface area contributed by atoms with Gasteiger partial charge in [0.05, 0.1) is 25.7 Å². The molecule has 0 aromatic carbocycles. The molecule has 19 heavy (non-hydrogen) atoms. The molecule has 0 aromatic rings. The van der Waals surface area contributed by atoms with Crippen LogP contribution in [0.2, 0.25) is 0 Å². The molecule has 0 saturated carbocycles. The summed E-state index contributed by atoms with van der Waals surface area (Å²) in [6, 6.07) is 0. The van der Waals surface area contributed by atoms with Gasteiger partial charge in [0, 0.05) is 0 Å². The summed E-state index contributed by atoms with van der Waals surface area (Å²) in [6.45, 7) is 0.0951. The summed E-state index contributed by atoms with van der Waals surface area (Å²) in [4.78, 5) is 0. The van der Waals surface area contributed by atoms with Crippen LogP contribution >= 0.6 is 0 Å². The van der Waals surface area contributed by atoms with Crippen molar-refractivity contribution in [1.29, 1.82) is 0 Å². The SMILES string of the molecule is CS(=O)(=O)OCCCCOS(C)(=O)=O.O=S(=O)(O)O. The fraction of sp³-hybridized carbons (Fsp3) is 1.00. The lowest BCUT2D eigenvalue weighted by molar-refractivity contribution is 0.273. The van der Waals surface area contributed by atoms with Gasteiger partial charge in [-0.2, -0.15) is 25.3 Å². The van der Waals surface area contributed by atoms with Crippen molar-refractivity contribution in [1.82, 2.24) is 0 Å². The number of rotatable bonds is 7. The molecule has 0 aliphatic rings. The molecule has 0 radical (unpaired) electrons. The predicted molar refractivity (Wildman–Crippen MR) is 65.0 cm³/mol. The van der Waals surface area contributed by atoms with Crippen molar-refractivity contribution in [2.24, 2.45) is 0 Å². The zero-order valence-corrected chi connectivity index (χ0v) is 12.7. The normalized spacial score (nSPS) is 12.6. The molecule has 0 fully saturated rings. The van der Waals surface area contributed by atoms with Crippen molar-refractivity contribution in [3.63, 3.8) is 0 Å². The van der Waals surface area contributed by atoms with E-state index in [1.54, 1.807) is 0 Å². The zero-order chi connectivity index (χ0) is 15.7. The second kappa shape index (κ2) is 8.78. The van der Waals surface area contributed by atoms with Gasteiger partial charge >= 0.3 is 10.4 Å². The van der Waals surface area contributed by atoms with Gasteiger partial charge in [-0.1, -0.05) is 0 Å². The van der Waals surface area contributed by atoms with E-state index in [-0.39, 0.29) is 13.2 Å². The maximum atomic E-state index is 10.5. The maximum Gasteiger partial charge on any atom is 0.394 e. The van der Waals surface area contributed by atoms with Gasteiger partial charge in [0.15, 0.2) is 0 Å². The summed E-state index contributed by atoms with van der Waals surface area (Å²) in [5.41, 5.74) is 0. The highest BCUT2D eigenvalue weighted by Gasteiger charge is 2.02.